The molecule has 0 saturated heterocycles. The van der Waals surface area contributed by atoms with E-state index in [0.29, 0.717) is 18.2 Å². The summed E-state index contributed by atoms with van der Waals surface area (Å²) in [7, 11) is 0. The zero-order valence-corrected chi connectivity index (χ0v) is 11.1. The van der Waals surface area contributed by atoms with Crippen LogP contribution in [0.1, 0.15) is 52.9 Å². The van der Waals surface area contributed by atoms with Crippen LogP contribution in [0.2, 0.25) is 0 Å². The van der Waals surface area contributed by atoms with Crippen molar-refractivity contribution in [2.24, 2.45) is 11.3 Å². The molecule has 0 aliphatic carbocycles. The third-order valence-corrected chi connectivity index (χ3v) is 3.10. The van der Waals surface area contributed by atoms with E-state index in [1.165, 1.54) is 0 Å². The van der Waals surface area contributed by atoms with Crippen molar-refractivity contribution in [2.75, 3.05) is 0 Å². The Hall–Kier alpha value is -1.46. The van der Waals surface area contributed by atoms with Gasteiger partial charge in [-0.3, -0.25) is 4.79 Å². The van der Waals surface area contributed by atoms with Gasteiger partial charge in [-0.25, -0.2) is 0 Å². The van der Waals surface area contributed by atoms with Crippen molar-refractivity contribution in [3.05, 3.63) is 5.82 Å². The largest absolute Gasteiger partial charge is 0.346 e. The lowest BCUT2D eigenvalue weighted by atomic mass is 9.80. The lowest BCUT2D eigenvalue weighted by molar-refractivity contribution is -0.123. The molecule has 1 aromatic rings. The molecule has 17 heavy (non-hydrogen) atoms. The SMILES string of the molecule is CC(NC(=O)CC(C)C(C)(C)C)c1nn[nH]n1. The standard InChI is InChI=1S/C11H21N5O/c1-7(11(3,4)5)6-9(17)12-8(2)10-13-15-16-14-10/h7-8H,6H2,1-5H3,(H,12,17)(H,13,14,15,16). The van der Waals surface area contributed by atoms with E-state index in [1.807, 2.05) is 6.92 Å². The van der Waals surface area contributed by atoms with Gasteiger partial charge in [0.25, 0.3) is 0 Å². The first kappa shape index (κ1) is 13.6. The second kappa shape index (κ2) is 5.25. The summed E-state index contributed by atoms with van der Waals surface area (Å²) in [6, 6.07) is -0.214. The molecule has 1 amide bonds. The number of hydrogen-bond donors (Lipinski definition) is 2. The highest BCUT2D eigenvalue weighted by atomic mass is 16.1. The molecule has 0 saturated carbocycles. The summed E-state index contributed by atoms with van der Waals surface area (Å²) in [6.45, 7) is 10.3. The van der Waals surface area contributed by atoms with Crippen molar-refractivity contribution >= 4 is 5.91 Å². The Morgan fingerprint density at radius 2 is 2.06 bits per heavy atom. The lowest BCUT2D eigenvalue weighted by Gasteiger charge is -2.27. The Morgan fingerprint density at radius 3 is 2.53 bits per heavy atom. The van der Waals surface area contributed by atoms with Gasteiger partial charge in [0.1, 0.15) is 0 Å². The summed E-state index contributed by atoms with van der Waals surface area (Å²) < 4.78 is 0. The van der Waals surface area contributed by atoms with Gasteiger partial charge < -0.3 is 5.32 Å². The maximum atomic E-state index is 11.8. The van der Waals surface area contributed by atoms with Gasteiger partial charge in [-0.1, -0.05) is 32.9 Å². The highest BCUT2D eigenvalue weighted by Crippen LogP contribution is 2.27. The second-order valence-electron chi connectivity index (χ2n) is 5.53. The zero-order chi connectivity index (χ0) is 13.1. The number of aromatic amines is 1. The van der Waals surface area contributed by atoms with Crippen molar-refractivity contribution in [3.8, 4) is 0 Å². The molecule has 0 radical (unpaired) electrons. The van der Waals surface area contributed by atoms with Crippen molar-refractivity contribution in [3.63, 3.8) is 0 Å². The van der Waals surface area contributed by atoms with Gasteiger partial charge in [0.05, 0.1) is 6.04 Å². The van der Waals surface area contributed by atoms with Gasteiger partial charge >= 0.3 is 0 Å². The molecule has 0 bridgehead atoms. The minimum absolute atomic E-state index is 0.0183. The first-order valence-electron chi connectivity index (χ1n) is 5.83. The zero-order valence-electron chi connectivity index (χ0n) is 11.1. The van der Waals surface area contributed by atoms with Crippen molar-refractivity contribution < 1.29 is 4.79 Å². The van der Waals surface area contributed by atoms with E-state index in [1.54, 1.807) is 0 Å². The first-order chi connectivity index (χ1) is 7.80. The predicted molar refractivity (Wildman–Crippen MR) is 64.0 cm³/mol. The van der Waals surface area contributed by atoms with Crippen molar-refractivity contribution in [1.29, 1.82) is 0 Å². The fourth-order valence-electron chi connectivity index (χ4n) is 1.30. The van der Waals surface area contributed by atoms with Crippen molar-refractivity contribution in [1.82, 2.24) is 25.9 Å². The number of tetrazole rings is 1. The molecular weight excluding hydrogens is 218 g/mol. The Labute approximate surface area is 102 Å². The van der Waals surface area contributed by atoms with E-state index in [-0.39, 0.29) is 17.4 Å². The van der Waals surface area contributed by atoms with E-state index in [4.69, 9.17) is 0 Å². The van der Waals surface area contributed by atoms with Gasteiger partial charge in [-0.15, -0.1) is 10.2 Å². The Bertz CT molecular complexity index is 354. The third-order valence-electron chi connectivity index (χ3n) is 3.10. The van der Waals surface area contributed by atoms with Crippen LogP contribution in [0, 0.1) is 11.3 Å². The van der Waals surface area contributed by atoms with E-state index in [2.05, 4.69) is 53.6 Å². The minimum Gasteiger partial charge on any atom is -0.346 e. The normalized spacial score (nSPS) is 15.4. The first-order valence-corrected chi connectivity index (χ1v) is 5.83. The number of aromatic nitrogens is 4. The molecule has 96 valence electrons. The van der Waals surface area contributed by atoms with Crippen LogP contribution in [0.25, 0.3) is 0 Å². The van der Waals surface area contributed by atoms with Crippen LogP contribution < -0.4 is 5.32 Å². The predicted octanol–water partition coefficient (Wildman–Crippen LogP) is 1.45. The smallest absolute Gasteiger partial charge is 0.220 e. The summed E-state index contributed by atoms with van der Waals surface area (Å²) in [5.41, 5.74) is 0.132. The maximum Gasteiger partial charge on any atom is 0.220 e. The number of nitrogens with one attached hydrogen (secondary N) is 2. The topological polar surface area (TPSA) is 83.6 Å². The summed E-state index contributed by atoms with van der Waals surface area (Å²) in [4.78, 5) is 11.8. The molecule has 1 rings (SSSR count). The number of amides is 1. The van der Waals surface area contributed by atoms with Gasteiger partial charge in [0.2, 0.25) is 5.91 Å². The lowest BCUT2D eigenvalue weighted by Crippen LogP contribution is -2.31. The van der Waals surface area contributed by atoms with Crippen LogP contribution in [0.5, 0.6) is 0 Å². The van der Waals surface area contributed by atoms with Gasteiger partial charge in [0, 0.05) is 6.42 Å². The van der Waals surface area contributed by atoms with Crippen LogP contribution in [0.4, 0.5) is 0 Å². The molecule has 0 aromatic carbocycles. The summed E-state index contributed by atoms with van der Waals surface area (Å²) in [6.07, 6.45) is 0.506. The average Bonchev–Trinajstić information content (AvgIpc) is 2.68. The average molecular weight is 239 g/mol. The van der Waals surface area contributed by atoms with Crippen LogP contribution in [0.3, 0.4) is 0 Å². The molecule has 0 fully saturated rings. The van der Waals surface area contributed by atoms with E-state index >= 15 is 0 Å². The molecule has 1 aromatic heterocycles. The molecule has 0 aliphatic rings. The number of hydrogen-bond acceptors (Lipinski definition) is 4. The second-order valence-corrected chi connectivity index (χ2v) is 5.53. The summed E-state index contributed by atoms with van der Waals surface area (Å²) >= 11 is 0. The van der Waals surface area contributed by atoms with E-state index in [9.17, 15) is 4.79 Å². The van der Waals surface area contributed by atoms with Crippen LogP contribution in [-0.4, -0.2) is 26.5 Å². The fraction of sp³-hybridized carbons (Fsp3) is 0.818. The Kier molecular flexibility index (Phi) is 4.20. The molecule has 6 nitrogen and oxygen atoms in total. The third kappa shape index (κ3) is 4.13. The number of nitrogens with zero attached hydrogens (tertiary/aromatic N) is 3. The highest BCUT2D eigenvalue weighted by molar-refractivity contribution is 5.76. The highest BCUT2D eigenvalue weighted by Gasteiger charge is 2.23. The number of H-pyrrole nitrogens is 1. The molecule has 0 aliphatic heterocycles. The monoisotopic (exact) mass is 239 g/mol. The minimum atomic E-state index is -0.214. The fourth-order valence-corrected chi connectivity index (χ4v) is 1.30. The van der Waals surface area contributed by atoms with Gasteiger partial charge in [-0.2, -0.15) is 5.21 Å². The van der Waals surface area contributed by atoms with Crippen molar-refractivity contribution in [2.45, 2.75) is 47.1 Å². The van der Waals surface area contributed by atoms with E-state index in [0.717, 1.165) is 0 Å². The Balaban J connectivity index is 2.45. The molecule has 2 atom stereocenters. The van der Waals surface area contributed by atoms with Crippen LogP contribution in [0.15, 0.2) is 0 Å². The molecule has 6 heteroatoms. The summed E-state index contributed by atoms with van der Waals surface area (Å²) in [5, 5.41) is 16.4. The van der Waals surface area contributed by atoms with E-state index < -0.39 is 0 Å². The number of rotatable bonds is 4. The Morgan fingerprint density at radius 1 is 1.41 bits per heavy atom. The molecular formula is C11H21N5O. The van der Waals surface area contributed by atoms with Crippen LogP contribution in [-0.2, 0) is 4.79 Å². The maximum absolute atomic E-state index is 11.8. The summed E-state index contributed by atoms with van der Waals surface area (Å²) in [5.74, 6) is 0.839. The van der Waals surface area contributed by atoms with Crippen LogP contribution >= 0.6 is 0 Å². The number of carbonyl (C=O) groups excluding carboxylic acids is 1. The number of carbonyl (C=O) groups is 1. The quantitative estimate of drug-likeness (QED) is 0.833. The molecule has 2 N–H and O–H groups in total. The molecule has 2 unspecified atom stereocenters. The van der Waals surface area contributed by atoms with Gasteiger partial charge in [-0.05, 0) is 18.3 Å². The van der Waals surface area contributed by atoms with Gasteiger partial charge in [0.15, 0.2) is 5.82 Å². The molecule has 0 spiro atoms. The molecule has 1 heterocycles.